The molecular formula is C21H15Cl2LiN2O5. The minimum Gasteiger partial charge on any atom is -0.545 e. The molecule has 0 saturated carbocycles. The largest absolute Gasteiger partial charge is 1.00 e. The zero-order chi connectivity index (χ0) is 21.5. The Morgan fingerprint density at radius 1 is 0.968 bits per heavy atom. The molecule has 3 rings (SSSR count). The maximum Gasteiger partial charge on any atom is 1.00 e. The van der Waals surface area contributed by atoms with Gasteiger partial charge in [-0.15, -0.1) is 0 Å². The van der Waals surface area contributed by atoms with Gasteiger partial charge in [0.15, 0.2) is 0 Å². The van der Waals surface area contributed by atoms with Crippen molar-refractivity contribution in [1.82, 2.24) is 4.98 Å². The van der Waals surface area contributed by atoms with Crippen molar-refractivity contribution in [3.05, 3.63) is 82.1 Å². The normalized spacial score (nSPS) is 10.0. The Morgan fingerprint density at radius 3 is 2.35 bits per heavy atom. The molecule has 154 valence electrons. The molecule has 0 fully saturated rings. The van der Waals surface area contributed by atoms with Crippen LogP contribution in [0.25, 0.3) is 0 Å². The molecule has 1 heterocycles. The number of halogens is 2. The van der Waals surface area contributed by atoms with Gasteiger partial charge >= 0.3 is 18.9 Å². The van der Waals surface area contributed by atoms with Crippen LogP contribution in [-0.4, -0.2) is 30.1 Å². The van der Waals surface area contributed by atoms with Crippen LogP contribution in [0.1, 0.15) is 20.7 Å². The van der Waals surface area contributed by atoms with E-state index < -0.39 is 11.9 Å². The molecule has 1 amide bonds. The molecule has 31 heavy (non-hydrogen) atoms. The summed E-state index contributed by atoms with van der Waals surface area (Å²) in [7, 11) is 0. The molecule has 7 nitrogen and oxygen atoms in total. The van der Waals surface area contributed by atoms with E-state index in [9.17, 15) is 14.7 Å². The third-order valence-corrected chi connectivity index (χ3v) is 4.44. The van der Waals surface area contributed by atoms with E-state index in [1.54, 1.807) is 24.5 Å². The zero-order valence-corrected chi connectivity index (χ0v) is 17.9. The summed E-state index contributed by atoms with van der Waals surface area (Å²) >= 11 is 11.8. The van der Waals surface area contributed by atoms with Crippen molar-refractivity contribution < 1.29 is 43.0 Å². The number of hydrogen-bond donors (Lipinski definition) is 1. The van der Waals surface area contributed by atoms with Gasteiger partial charge in [-0.3, -0.25) is 9.78 Å². The molecule has 0 aliphatic carbocycles. The van der Waals surface area contributed by atoms with Crippen molar-refractivity contribution in [2.75, 3.05) is 18.5 Å². The van der Waals surface area contributed by atoms with Gasteiger partial charge in [0.1, 0.15) is 24.7 Å². The fourth-order valence-electron chi connectivity index (χ4n) is 2.51. The van der Waals surface area contributed by atoms with Gasteiger partial charge in [-0.05, 0) is 48.5 Å². The number of carbonyl (C=O) groups excluding carboxylic acids is 2. The van der Waals surface area contributed by atoms with Crippen LogP contribution in [0.2, 0.25) is 10.0 Å². The molecule has 2 aromatic carbocycles. The van der Waals surface area contributed by atoms with Gasteiger partial charge in [0, 0.05) is 16.8 Å². The predicted octanol–water partition coefficient (Wildman–Crippen LogP) is 0.466. The number of nitrogens with zero attached hydrogens (tertiary/aromatic N) is 1. The quantitative estimate of drug-likeness (QED) is 0.393. The zero-order valence-electron chi connectivity index (χ0n) is 16.4. The van der Waals surface area contributed by atoms with Gasteiger partial charge in [0.2, 0.25) is 0 Å². The number of carbonyl (C=O) groups is 2. The number of amides is 1. The SMILES string of the molecule is O=C(Nc1ccc(OCCOc2cccnc2)cc1C(=O)[O-])c1ccc(Cl)cc1Cl.[Li+]. The first-order chi connectivity index (χ1) is 14.4. The number of benzene rings is 2. The molecule has 0 bridgehead atoms. The van der Waals surface area contributed by atoms with Crippen LogP contribution >= 0.6 is 23.2 Å². The summed E-state index contributed by atoms with van der Waals surface area (Å²) in [6.45, 7) is 0.410. The molecule has 10 heteroatoms. The van der Waals surface area contributed by atoms with E-state index in [0.717, 1.165) is 0 Å². The second-order valence-corrected chi connectivity index (χ2v) is 6.80. The first-order valence-corrected chi connectivity index (χ1v) is 9.47. The number of rotatable bonds is 8. The molecule has 0 aliphatic rings. The predicted molar refractivity (Wildman–Crippen MR) is 110 cm³/mol. The summed E-state index contributed by atoms with van der Waals surface area (Å²) in [6.07, 6.45) is 3.20. The Kier molecular flexibility index (Phi) is 9.22. The van der Waals surface area contributed by atoms with E-state index >= 15 is 0 Å². The average Bonchev–Trinajstić information content (AvgIpc) is 2.72. The van der Waals surface area contributed by atoms with E-state index in [1.807, 2.05) is 0 Å². The number of aromatic nitrogens is 1. The Balaban J connectivity index is 0.00000341. The van der Waals surface area contributed by atoms with Gasteiger partial charge in [-0.1, -0.05) is 23.2 Å². The van der Waals surface area contributed by atoms with Crippen LogP contribution in [0.4, 0.5) is 5.69 Å². The van der Waals surface area contributed by atoms with E-state index in [-0.39, 0.29) is 59.7 Å². The molecule has 0 spiro atoms. The summed E-state index contributed by atoms with van der Waals surface area (Å²) in [6, 6.07) is 12.1. The number of ether oxygens (including phenoxy) is 2. The third-order valence-electron chi connectivity index (χ3n) is 3.89. The van der Waals surface area contributed by atoms with Crippen LogP contribution < -0.4 is 38.8 Å². The molecular weight excluding hydrogens is 438 g/mol. The molecule has 3 aromatic rings. The van der Waals surface area contributed by atoms with Crippen molar-refractivity contribution >= 4 is 40.8 Å². The van der Waals surface area contributed by atoms with Crippen LogP contribution in [-0.2, 0) is 0 Å². The van der Waals surface area contributed by atoms with E-state index in [2.05, 4.69) is 10.3 Å². The number of aromatic carboxylic acids is 1. The molecule has 0 radical (unpaired) electrons. The summed E-state index contributed by atoms with van der Waals surface area (Å²) in [4.78, 5) is 27.9. The van der Waals surface area contributed by atoms with Crippen LogP contribution in [0.15, 0.2) is 60.9 Å². The summed E-state index contributed by atoms with van der Waals surface area (Å²) < 4.78 is 11.0. The van der Waals surface area contributed by atoms with Gasteiger partial charge in [0.05, 0.1) is 28.4 Å². The summed E-state index contributed by atoms with van der Waals surface area (Å²) in [5.41, 5.74) is -0.0395. The van der Waals surface area contributed by atoms with Crippen molar-refractivity contribution in [2.45, 2.75) is 0 Å². The Hall–Kier alpha value is -2.69. The van der Waals surface area contributed by atoms with Crippen LogP contribution in [0, 0.1) is 0 Å². The van der Waals surface area contributed by atoms with Gasteiger partial charge in [-0.25, -0.2) is 0 Å². The van der Waals surface area contributed by atoms with Crippen molar-refractivity contribution in [3.63, 3.8) is 0 Å². The van der Waals surface area contributed by atoms with Crippen LogP contribution in [0.5, 0.6) is 11.5 Å². The minimum atomic E-state index is -1.47. The topological polar surface area (TPSA) is 101 Å². The number of pyridine rings is 1. The maximum absolute atomic E-state index is 12.4. The number of anilines is 1. The van der Waals surface area contributed by atoms with Gasteiger partial charge < -0.3 is 24.7 Å². The van der Waals surface area contributed by atoms with Gasteiger partial charge in [0.25, 0.3) is 5.91 Å². The van der Waals surface area contributed by atoms with Crippen molar-refractivity contribution in [2.24, 2.45) is 0 Å². The number of nitrogens with one attached hydrogen (secondary N) is 1. The average molecular weight is 453 g/mol. The molecule has 1 N–H and O–H groups in total. The Labute approximate surface area is 200 Å². The summed E-state index contributed by atoms with van der Waals surface area (Å²) in [5.74, 6) is -1.18. The number of carboxylic acid groups (broad SMARTS) is 1. The fourth-order valence-corrected chi connectivity index (χ4v) is 3.00. The second kappa shape index (κ2) is 11.6. The van der Waals surface area contributed by atoms with E-state index in [0.29, 0.717) is 10.8 Å². The Morgan fingerprint density at radius 2 is 1.71 bits per heavy atom. The molecule has 0 atom stereocenters. The molecule has 0 saturated heterocycles. The number of carboxylic acids is 1. The van der Waals surface area contributed by atoms with Crippen molar-refractivity contribution in [1.29, 1.82) is 0 Å². The van der Waals surface area contributed by atoms with E-state index in [1.165, 1.54) is 36.4 Å². The first kappa shape index (κ1) is 24.6. The molecule has 1 aromatic heterocycles. The summed E-state index contributed by atoms with van der Waals surface area (Å²) in [5, 5.41) is 14.6. The van der Waals surface area contributed by atoms with Crippen molar-refractivity contribution in [3.8, 4) is 11.5 Å². The van der Waals surface area contributed by atoms with E-state index in [4.69, 9.17) is 32.7 Å². The molecule has 0 unspecified atom stereocenters. The molecule has 0 aliphatic heterocycles. The Bertz CT molecular complexity index is 1070. The van der Waals surface area contributed by atoms with Gasteiger partial charge in [-0.2, -0.15) is 0 Å². The smallest absolute Gasteiger partial charge is 0.545 e. The number of hydrogen-bond acceptors (Lipinski definition) is 6. The first-order valence-electron chi connectivity index (χ1n) is 8.71. The fraction of sp³-hybridized carbons (Fsp3) is 0.0952. The third kappa shape index (κ3) is 6.91. The minimum absolute atomic E-state index is 0. The monoisotopic (exact) mass is 452 g/mol. The second-order valence-electron chi connectivity index (χ2n) is 5.96. The standard InChI is InChI=1S/C21H16Cl2N2O5.Li/c22-13-3-5-16(18(23)10-13)20(26)25-19-6-4-14(11-17(19)21(27)28)29-8-9-30-15-2-1-7-24-12-15;/h1-7,10-12H,8-9H2,(H,25,26)(H,27,28);/q;+1/p-1. The maximum atomic E-state index is 12.4. The van der Waals surface area contributed by atoms with Crippen LogP contribution in [0.3, 0.4) is 0 Å².